The van der Waals surface area contributed by atoms with E-state index in [1.54, 1.807) is 0 Å². The van der Waals surface area contributed by atoms with Crippen molar-refractivity contribution in [3.63, 3.8) is 0 Å². The Morgan fingerprint density at radius 1 is 1.41 bits per heavy atom. The summed E-state index contributed by atoms with van der Waals surface area (Å²) < 4.78 is 0. The van der Waals surface area contributed by atoms with E-state index < -0.39 is 11.5 Å². The molecule has 0 amide bonds. The number of hydrogen-bond donors (Lipinski definition) is 1. The van der Waals surface area contributed by atoms with Crippen molar-refractivity contribution in [2.75, 3.05) is 6.54 Å². The molecule has 1 N–H and O–H groups in total. The number of nitrogens with zero attached hydrogens (tertiary/aromatic N) is 1. The second-order valence-electron chi connectivity index (χ2n) is 5.57. The van der Waals surface area contributed by atoms with Crippen LogP contribution < -0.4 is 0 Å². The summed E-state index contributed by atoms with van der Waals surface area (Å²) in [5, 5.41) is 9.53. The number of carboxylic acid groups (broad SMARTS) is 1. The van der Waals surface area contributed by atoms with Gasteiger partial charge in [0.1, 0.15) is 5.54 Å². The predicted octanol–water partition coefficient (Wildman–Crippen LogP) is 3.28. The monoisotopic (exact) mass is 241 g/mol. The third-order valence-electron chi connectivity index (χ3n) is 4.16. The molecule has 1 aliphatic rings. The lowest BCUT2D eigenvalue weighted by atomic mass is 9.91. The van der Waals surface area contributed by atoms with Crippen molar-refractivity contribution in [2.45, 2.75) is 77.3 Å². The summed E-state index contributed by atoms with van der Waals surface area (Å²) in [4.78, 5) is 13.8. The first kappa shape index (κ1) is 14.5. The third-order valence-corrected chi connectivity index (χ3v) is 4.16. The Balaban J connectivity index is 2.58. The molecule has 2 unspecified atom stereocenters. The fourth-order valence-electron chi connectivity index (χ4n) is 2.94. The Kier molecular flexibility index (Phi) is 5.44. The maximum absolute atomic E-state index is 11.6. The van der Waals surface area contributed by atoms with E-state index in [1.165, 1.54) is 12.8 Å². The first-order chi connectivity index (χ1) is 8.02. The van der Waals surface area contributed by atoms with E-state index >= 15 is 0 Å². The maximum Gasteiger partial charge on any atom is 0.323 e. The molecule has 3 heteroatoms. The first-order valence-corrected chi connectivity index (χ1v) is 7.02. The molecule has 0 radical (unpaired) electrons. The summed E-state index contributed by atoms with van der Waals surface area (Å²) in [7, 11) is 0. The lowest BCUT2D eigenvalue weighted by molar-refractivity contribution is -0.151. The zero-order valence-electron chi connectivity index (χ0n) is 11.5. The van der Waals surface area contributed by atoms with E-state index in [4.69, 9.17) is 0 Å². The molecule has 100 valence electrons. The summed E-state index contributed by atoms with van der Waals surface area (Å²) in [6.07, 6.45) is 7.65. The molecule has 1 aliphatic heterocycles. The Hall–Kier alpha value is -0.570. The second kappa shape index (κ2) is 6.39. The van der Waals surface area contributed by atoms with Gasteiger partial charge in [0.05, 0.1) is 0 Å². The second-order valence-corrected chi connectivity index (χ2v) is 5.57. The van der Waals surface area contributed by atoms with Gasteiger partial charge in [0.15, 0.2) is 0 Å². The first-order valence-electron chi connectivity index (χ1n) is 7.02. The molecule has 0 aromatic rings. The van der Waals surface area contributed by atoms with Crippen LogP contribution in [0.15, 0.2) is 0 Å². The van der Waals surface area contributed by atoms with Crippen LogP contribution in [0.1, 0.15) is 65.7 Å². The van der Waals surface area contributed by atoms with Crippen LogP contribution in [0.5, 0.6) is 0 Å². The van der Waals surface area contributed by atoms with Crippen LogP contribution in [-0.2, 0) is 4.79 Å². The quantitative estimate of drug-likeness (QED) is 0.695. The Morgan fingerprint density at radius 2 is 2.12 bits per heavy atom. The molecule has 1 fully saturated rings. The minimum absolute atomic E-state index is 0.419. The van der Waals surface area contributed by atoms with Gasteiger partial charge in [-0.2, -0.15) is 0 Å². The normalized spacial score (nSPS) is 24.8. The number of likely N-dealkylation sites (tertiary alicyclic amines) is 1. The van der Waals surface area contributed by atoms with Crippen LogP contribution in [0, 0.1) is 0 Å². The molecule has 1 rings (SSSR count). The van der Waals surface area contributed by atoms with Gasteiger partial charge in [-0.05, 0) is 39.7 Å². The highest BCUT2D eigenvalue weighted by Gasteiger charge is 2.42. The standard InChI is InChI=1S/C14H27NO2/c1-4-5-6-7-10-14(3,13(16)17)15-11-8-9-12(15)2/h12H,4-11H2,1-3H3,(H,16,17). The summed E-state index contributed by atoms with van der Waals surface area (Å²) in [6.45, 7) is 7.18. The molecule has 0 aromatic heterocycles. The predicted molar refractivity (Wildman–Crippen MR) is 70.2 cm³/mol. The minimum atomic E-state index is -0.650. The number of unbranched alkanes of at least 4 members (excludes halogenated alkanes) is 3. The summed E-state index contributed by atoms with van der Waals surface area (Å²) in [6, 6.07) is 0.419. The molecule has 0 aromatic carbocycles. The van der Waals surface area contributed by atoms with Gasteiger partial charge in [0.2, 0.25) is 0 Å². The number of carboxylic acids is 1. The fraction of sp³-hybridized carbons (Fsp3) is 0.929. The highest BCUT2D eigenvalue weighted by molar-refractivity contribution is 5.78. The van der Waals surface area contributed by atoms with Crippen molar-refractivity contribution >= 4 is 5.97 Å². The average Bonchev–Trinajstić information content (AvgIpc) is 2.71. The van der Waals surface area contributed by atoms with Gasteiger partial charge >= 0.3 is 5.97 Å². The Labute approximate surface area is 105 Å². The van der Waals surface area contributed by atoms with Gasteiger partial charge in [0, 0.05) is 6.04 Å². The van der Waals surface area contributed by atoms with Crippen LogP contribution in [0.3, 0.4) is 0 Å². The number of carbonyl (C=O) groups is 1. The zero-order chi connectivity index (χ0) is 12.9. The van der Waals surface area contributed by atoms with E-state index in [0.29, 0.717) is 6.04 Å². The molecule has 1 heterocycles. The van der Waals surface area contributed by atoms with Gasteiger partial charge in [-0.15, -0.1) is 0 Å². The van der Waals surface area contributed by atoms with Crippen LogP contribution in [-0.4, -0.2) is 34.1 Å². The van der Waals surface area contributed by atoms with Gasteiger partial charge in [-0.3, -0.25) is 9.69 Å². The smallest absolute Gasteiger partial charge is 0.323 e. The van der Waals surface area contributed by atoms with Gasteiger partial charge in [-0.25, -0.2) is 0 Å². The van der Waals surface area contributed by atoms with Crippen molar-refractivity contribution in [3.8, 4) is 0 Å². The molecule has 3 nitrogen and oxygen atoms in total. The van der Waals surface area contributed by atoms with Crippen molar-refractivity contribution < 1.29 is 9.90 Å². The average molecular weight is 241 g/mol. The van der Waals surface area contributed by atoms with Crippen molar-refractivity contribution in [2.24, 2.45) is 0 Å². The van der Waals surface area contributed by atoms with E-state index in [-0.39, 0.29) is 0 Å². The summed E-state index contributed by atoms with van der Waals surface area (Å²) in [5.74, 6) is -0.650. The van der Waals surface area contributed by atoms with Gasteiger partial charge < -0.3 is 5.11 Å². The highest BCUT2D eigenvalue weighted by Crippen LogP contribution is 2.31. The van der Waals surface area contributed by atoms with E-state index in [1.807, 2.05) is 6.92 Å². The summed E-state index contributed by atoms with van der Waals surface area (Å²) >= 11 is 0. The van der Waals surface area contributed by atoms with E-state index in [2.05, 4.69) is 18.7 Å². The van der Waals surface area contributed by atoms with Crippen LogP contribution in [0.2, 0.25) is 0 Å². The number of aliphatic carboxylic acids is 1. The summed E-state index contributed by atoms with van der Waals surface area (Å²) in [5.41, 5.74) is -0.649. The highest BCUT2D eigenvalue weighted by atomic mass is 16.4. The van der Waals surface area contributed by atoms with E-state index in [0.717, 1.165) is 38.6 Å². The van der Waals surface area contributed by atoms with Crippen LogP contribution >= 0.6 is 0 Å². The zero-order valence-corrected chi connectivity index (χ0v) is 11.5. The van der Waals surface area contributed by atoms with Gasteiger partial charge in [-0.1, -0.05) is 32.6 Å². The van der Waals surface area contributed by atoms with Crippen molar-refractivity contribution in [1.29, 1.82) is 0 Å². The topological polar surface area (TPSA) is 40.5 Å². The third kappa shape index (κ3) is 3.44. The van der Waals surface area contributed by atoms with Gasteiger partial charge in [0.25, 0.3) is 0 Å². The van der Waals surface area contributed by atoms with Crippen molar-refractivity contribution in [3.05, 3.63) is 0 Å². The van der Waals surface area contributed by atoms with Crippen LogP contribution in [0.25, 0.3) is 0 Å². The van der Waals surface area contributed by atoms with Crippen molar-refractivity contribution in [1.82, 2.24) is 4.90 Å². The largest absolute Gasteiger partial charge is 0.480 e. The SMILES string of the molecule is CCCCCCC(C)(C(=O)O)N1CCCC1C. The Bertz CT molecular complexity index is 255. The molecule has 0 spiro atoms. The lowest BCUT2D eigenvalue weighted by Gasteiger charge is -2.38. The number of rotatable bonds is 7. The molecule has 0 saturated carbocycles. The molecule has 0 aliphatic carbocycles. The minimum Gasteiger partial charge on any atom is -0.480 e. The molecule has 2 atom stereocenters. The van der Waals surface area contributed by atoms with Crippen LogP contribution in [0.4, 0.5) is 0 Å². The molecule has 1 saturated heterocycles. The molecular formula is C14H27NO2. The number of hydrogen-bond acceptors (Lipinski definition) is 2. The Morgan fingerprint density at radius 3 is 2.59 bits per heavy atom. The van der Waals surface area contributed by atoms with E-state index in [9.17, 15) is 9.90 Å². The maximum atomic E-state index is 11.6. The lowest BCUT2D eigenvalue weighted by Crippen LogP contribution is -2.53. The molecule has 17 heavy (non-hydrogen) atoms. The fourth-order valence-corrected chi connectivity index (χ4v) is 2.94. The molecular weight excluding hydrogens is 214 g/mol. The molecule has 0 bridgehead atoms.